The zero-order valence-electron chi connectivity index (χ0n) is 7.02. The molecule has 0 heterocycles. The first-order valence-electron chi connectivity index (χ1n) is 3.89. The van der Waals surface area contributed by atoms with Gasteiger partial charge in [0.1, 0.15) is 0 Å². The van der Waals surface area contributed by atoms with E-state index in [4.69, 9.17) is 5.41 Å². The molecule has 1 heteroatoms. The van der Waals surface area contributed by atoms with Crippen molar-refractivity contribution >= 4 is 5.71 Å². The van der Waals surface area contributed by atoms with Crippen LogP contribution in [-0.2, 0) is 0 Å². The van der Waals surface area contributed by atoms with Gasteiger partial charge in [0.15, 0.2) is 0 Å². The van der Waals surface area contributed by atoms with Gasteiger partial charge in [0.25, 0.3) is 0 Å². The number of allylic oxidation sites excluding steroid dienone is 6. The lowest BCUT2D eigenvalue weighted by Gasteiger charge is -2.07. The molecule has 0 aromatic heterocycles. The van der Waals surface area contributed by atoms with Crippen molar-refractivity contribution in [3.05, 3.63) is 35.5 Å². The molecule has 1 N–H and O–H groups in total. The highest BCUT2D eigenvalue weighted by atomic mass is 14.4. The van der Waals surface area contributed by atoms with Gasteiger partial charge < -0.3 is 5.41 Å². The summed E-state index contributed by atoms with van der Waals surface area (Å²) in [5.74, 6) is 0. The highest BCUT2D eigenvalue weighted by Gasteiger charge is 2.03. The van der Waals surface area contributed by atoms with Crippen LogP contribution < -0.4 is 0 Å². The van der Waals surface area contributed by atoms with E-state index in [2.05, 4.69) is 13.8 Å². The maximum atomic E-state index is 7.58. The quantitative estimate of drug-likeness (QED) is 0.589. The molecule has 58 valence electrons. The molecular weight excluding hydrogens is 134 g/mol. The minimum absolute atomic E-state index is 0.631. The van der Waals surface area contributed by atoms with Crippen molar-refractivity contribution in [2.45, 2.75) is 20.3 Å². The van der Waals surface area contributed by atoms with Crippen LogP contribution >= 0.6 is 0 Å². The van der Waals surface area contributed by atoms with Gasteiger partial charge in [-0.3, -0.25) is 0 Å². The zero-order chi connectivity index (χ0) is 8.27. The molecule has 0 bridgehead atoms. The van der Waals surface area contributed by atoms with Crippen molar-refractivity contribution in [1.82, 2.24) is 0 Å². The number of nitrogens with one attached hydrogen (secondary N) is 1. The van der Waals surface area contributed by atoms with Crippen molar-refractivity contribution < 1.29 is 0 Å². The molecule has 1 nitrogen and oxygen atoms in total. The van der Waals surface area contributed by atoms with E-state index in [9.17, 15) is 0 Å². The average Bonchev–Trinajstić information content (AvgIpc) is 2.04. The molecule has 0 saturated heterocycles. The molecule has 1 aliphatic rings. The van der Waals surface area contributed by atoms with Crippen LogP contribution in [0.15, 0.2) is 35.5 Å². The minimum Gasteiger partial charge on any atom is -0.300 e. The summed E-state index contributed by atoms with van der Waals surface area (Å²) in [4.78, 5) is 0. The summed E-state index contributed by atoms with van der Waals surface area (Å²) >= 11 is 0. The Bertz CT molecular complexity index is 254. The second-order valence-corrected chi connectivity index (χ2v) is 2.68. The highest BCUT2D eigenvalue weighted by molar-refractivity contribution is 6.09. The van der Waals surface area contributed by atoms with Crippen molar-refractivity contribution in [3.63, 3.8) is 0 Å². The van der Waals surface area contributed by atoms with E-state index >= 15 is 0 Å². The summed E-state index contributed by atoms with van der Waals surface area (Å²) in [6.45, 7) is 4.19. The Kier molecular flexibility index (Phi) is 2.42. The van der Waals surface area contributed by atoms with E-state index in [1.165, 1.54) is 5.57 Å². The third kappa shape index (κ3) is 1.67. The Labute approximate surface area is 67.6 Å². The molecule has 0 atom stereocenters. The van der Waals surface area contributed by atoms with Crippen molar-refractivity contribution in [2.75, 3.05) is 0 Å². The molecule has 0 spiro atoms. The maximum absolute atomic E-state index is 7.58. The first-order valence-corrected chi connectivity index (χ1v) is 3.89. The topological polar surface area (TPSA) is 23.9 Å². The van der Waals surface area contributed by atoms with Gasteiger partial charge in [-0.1, -0.05) is 30.7 Å². The third-order valence-electron chi connectivity index (χ3n) is 1.92. The summed E-state index contributed by atoms with van der Waals surface area (Å²) in [6.07, 6.45) is 8.73. The van der Waals surface area contributed by atoms with Crippen LogP contribution in [0.3, 0.4) is 0 Å². The molecule has 0 fully saturated rings. The van der Waals surface area contributed by atoms with Gasteiger partial charge in [-0.15, -0.1) is 0 Å². The predicted octanol–water partition coefficient (Wildman–Crippen LogP) is 2.86. The van der Waals surface area contributed by atoms with Crippen molar-refractivity contribution in [1.29, 1.82) is 5.41 Å². The fourth-order valence-corrected chi connectivity index (χ4v) is 1.05. The highest BCUT2D eigenvalue weighted by Crippen LogP contribution is 2.14. The smallest absolute Gasteiger partial charge is 0.0611 e. The third-order valence-corrected chi connectivity index (χ3v) is 1.92. The lowest BCUT2D eigenvalue weighted by Crippen LogP contribution is -2.00. The molecule has 0 radical (unpaired) electrons. The minimum atomic E-state index is 0.631. The van der Waals surface area contributed by atoms with E-state index in [-0.39, 0.29) is 0 Å². The lowest BCUT2D eigenvalue weighted by atomic mass is 9.99. The van der Waals surface area contributed by atoms with Crippen LogP contribution in [0.25, 0.3) is 0 Å². The van der Waals surface area contributed by atoms with E-state index in [0.29, 0.717) is 5.71 Å². The molecule has 1 aliphatic carbocycles. The molecule has 0 aromatic carbocycles. The summed E-state index contributed by atoms with van der Waals surface area (Å²) in [5.41, 5.74) is 3.00. The maximum Gasteiger partial charge on any atom is 0.0611 e. The summed E-state index contributed by atoms with van der Waals surface area (Å²) in [7, 11) is 0. The van der Waals surface area contributed by atoms with Gasteiger partial charge in [0.05, 0.1) is 5.71 Å². The van der Waals surface area contributed by atoms with Crippen molar-refractivity contribution in [3.8, 4) is 0 Å². The number of hydrogen-bond donors (Lipinski definition) is 1. The van der Waals surface area contributed by atoms with Crippen LogP contribution in [0.2, 0.25) is 0 Å². The summed E-state index contributed by atoms with van der Waals surface area (Å²) < 4.78 is 0. The Hall–Kier alpha value is -1.11. The molecule has 0 amide bonds. The van der Waals surface area contributed by atoms with Gasteiger partial charge in [-0.25, -0.2) is 0 Å². The SMILES string of the molecule is CC/C(C)=C1/C=CC=CC1=N. The molecule has 0 aliphatic heterocycles. The Morgan fingerprint density at radius 2 is 2.00 bits per heavy atom. The van der Waals surface area contributed by atoms with Gasteiger partial charge in [0, 0.05) is 0 Å². The monoisotopic (exact) mass is 147 g/mol. The number of hydrogen-bond acceptors (Lipinski definition) is 1. The molecule has 1 rings (SSSR count). The van der Waals surface area contributed by atoms with Crippen molar-refractivity contribution in [2.24, 2.45) is 0 Å². The number of rotatable bonds is 1. The fraction of sp³-hybridized carbons (Fsp3) is 0.300. The second kappa shape index (κ2) is 3.33. The molecule has 0 unspecified atom stereocenters. The van der Waals surface area contributed by atoms with Crippen LogP contribution in [0.1, 0.15) is 20.3 Å². The molecular formula is C10H13N. The Morgan fingerprint density at radius 1 is 1.36 bits per heavy atom. The first-order chi connectivity index (χ1) is 5.25. The van der Waals surface area contributed by atoms with Gasteiger partial charge in [-0.2, -0.15) is 0 Å². The fourth-order valence-electron chi connectivity index (χ4n) is 1.05. The van der Waals surface area contributed by atoms with E-state index < -0.39 is 0 Å². The molecule has 0 aromatic rings. The predicted molar refractivity (Wildman–Crippen MR) is 49.0 cm³/mol. The summed E-state index contributed by atoms with van der Waals surface area (Å²) in [6, 6.07) is 0. The van der Waals surface area contributed by atoms with E-state index in [1.807, 2.05) is 24.3 Å². The summed E-state index contributed by atoms with van der Waals surface area (Å²) in [5, 5.41) is 7.58. The van der Waals surface area contributed by atoms with E-state index in [1.54, 1.807) is 0 Å². The molecule has 0 saturated carbocycles. The zero-order valence-corrected chi connectivity index (χ0v) is 7.02. The van der Waals surface area contributed by atoms with Crippen LogP contribution in [0.5, 0.6) is 0 Å². The van der Waals surface area contributed by atoms with Gasteiger partial charge >= 0.3 is 0 Å². The Balaban J connectivity index is 2.98. The van der Waals surface area contributed by atoms with Gasteiger partial charge in [-0.05, 0) is 25.0 Å². The van der Waals surface area contributed by atoms with Crippen LogP contribution in [0.4, 0.5) is 0 Å². The second-order valence-electron chi connectivity index (χ2n) is 2.68. The normalized spacial score (nSPS) is 20.7. The van der Waals surface area contributed by atoms with Gasteiger partial charge in [0.2, 0.25) is 0 Å². The molecule has 11 heavy (non-hydrogen) atoms. The average molecular weight is 147 g/mol. The van der Waals surface area contributed by atoms with E-state index in [0.717, 1.165) is 12.0 Å². The first kappa shape index (κ1) is 7.99. The standard InChI is InChI=1S/C10H13N/c1-3-8(2)9-6-4-5-7-10(9)11/h4-7,11H,3H2,1-2H3/b9-8-,11-10?. The Morgan fingerprint density at radius 3 is 2.55 bits per heavy atom. The largest absolute Gasteiger partial charge is 0.300 e. The van der Waals surface area contributed by atoms with Crippen LogP contribution in [0, 0.1) is 5.41 Å². The van der Waals surface area contributed by atoms with Crippen LogP contribution in [-0.4, -0.2) is 5.71 Å². The lowest BCUT2D eigenvalue weighted by molar-refractivity contribution is 1.09.